The summed E-state index contributed by atoms with van der Waals surface area (Å²) < 4.78 is 41.3. The Morgan fingerprint density at radius 1 is 1.17 bits per heavy atom. The molecular formula is C27H39N9O8S2. The van der Waals surface area contributed by atoms with Gasteiger partial charge in [-0.15, -0.1) is 4.28 Å². The van der Waals surface area contributed by atoms with Crippen molar-refractivity contribution < 1.29 is 36.4 Å². The molecule has 0 radical (unpaired) electrons. The minimum atomic E-state index is -4.94. The van der Waals surface area contributed by atoms with E-state index >= 15 is 0 Å². The number of hydrogen-bond acceptors (Lipinski definition) is 13. The minimum absolute atomic E-state index is 0.0129. The minimum Gasteiger partial charge on any atom is -0.490 e. The zero-order valence-corrected chi connectivity index (χ0v) is 27.1. The van der Waals surface area contributed by atoms with E-state index in [1.54, 1.807) is 5.41 Å². The quantitative estimate of drug-likeness (QED) is 0.0434. The first kappa shape index (κ1) is 33.7. The smallest absolute Gasteiger partial charge is 0.418 e. The van der Waals surface area contributed by atoms with Crippen LogP contribution in [0.1, 0.15) is 50.7 Å². The van der Waals surface area contributed by atoms with Gasteiger partial charge in [0, 0.05) is 24.5 Å². The molecule has 1 aromatic rings. The van der Waals surface area contributed by atoms with E-state index in [-0.39, 0.29) is 36.7 Å². The molecule has 46 heavy (non-hydrogen) atoms. The lowest BCUT2D eigenvalue weighted by atomic mass is 9.84. The van der Waals surface area contributed by atoms with Crippen LogP contribution in [0.25, 0.3) is 0 Å². The fourth-order valence-electron chi connectivity index (χ4n) is 5.55. The van der Waals surface area contributed by atoms with Crippen molar-refractivity contribution >= 4 is 45.6 Å². The topological polar surface area (TPSA) is 250 Å². The van der Waals surface area contributed by atoms with Crippen molar-refractivity contribution in [2.45, 2.75) is 81.8 Å². The molecule has 2 unspecified atom stereocenters. The number of nitrogens with two attached hydrogens (primary N) is 3. The van der Waals surface area contributed by atoms with Gasteiger partial charge in [-0.05, 0) is 62.8 Å². The van der Waals surface area contributed by atoms with E-state index in [2.05, 4.69) is 20.1 Å². The number of rotatable bonds is 11. The van der Waals surface area contributed by atoms with Gasteiger partial charge in [0.2, 0.25) is 0 Å². The summed E-state index contributed by atoms with van der Waals surface area (Å²) in [7, 11) is -4.94. The van der Waals surface area contributed by atoms with E-state index in [0.717, 1.165) is 36.8 Å². The zero-order chi connectivity index (χ0) is 33.2. The summed E-state index contributed by atoms with van der Waals surface area (Å²) in [5, 5.41) is 11.4. The maximum absolute atomic E-state index is 13.2. The molecule has 1 saturated carbocycles. The number of carbonyl (C=O) groups is 2. The summed E-state index contributed by atoms with van der Waals surface area (Å²) in [6, 6.07) is 5.08. The first-order valence-corrected chi connectivity index (χ1v) is 17.0. The third-order valence-electron chi connectivity index (χ3n) is 8.10. The summed E-state index contributed by atoms with van der Waals surface area (Å²) >= 11 is 1.21. The highest BCUT2D eigenvalue weighted by Gasteiger charge is 2.58. The Labute approximate surface area is 270 Å². The van der Waals surface area contributed by atoms with Crippen LogP contribution in [0.5, 0.6) is 5.75 Å². The average Bonchev–Trinajstić information content (AvgIpc) is 3.63. The molecule has 19 heteroatoms. The van der Waals surface area contributed by atoms with Gasteiger partial charge in [-0.1, -0.05) is 23.0 Å². The summed E-state index contributed by atoms with van der Waals surface area (Å²) in [4.78, 5) is 37.8. The number of hydroxylamine groups is 2. The largest absolute Gasteiger partial charge is 0.490 e. The van der Waals surface area contributed by atoms with Crippen molar-refractivity contribution in [3.63, 3.8) is 0 Å². The predicted molar refractivity (Wildman–Crippen MR) is 169 cm³/mol. The van der Waals surface area contributed by atoms with Gasteiger partial charge in [-0.2, -0.15) is 13.5 Å². The molecule has 0 aromatic heterocycles. The van der Waals surface area contributed by atoms with E-state index in [0.29, 0.717) is 29.9 Å². The number of ether oxygens (including phenoxy) is 1. The zero-order valence-electron chi connectivity index (χ0n) is 25.4. The van der Waals surface area contributed by atoms with Crippen LogP contribution in [0, 0.1) is 0 Å². The van der Waals surface area contributed by atoms with Gasteiger partial charge in [0.15, 0.2) is 18.3 Å². The monoisotopic (exact) mass is 681 g/mol. The summed E-state index contributed by atoms with van der Waals surface area (Å²) in [5.74, 6) is -0.505. The van der Waals surface area contributed by atoms with E-state index in [4.69, 9.17) is 36.3 Å². The van der Waals surface area contributed by atoms with Crippen molar-refractivity contribution in [1.29, 1.82) is 0 Å². The summed E-state index contributed by atoms with van der Waals surface area (Å²) in [6.45, 7) is 4.28. The lowest BCUT2D eigenvalue weighted by molar-refractivity contribution is -0.218. The number of hydrogen-bond donors (Lipinski definition) is 6. The highest BCUT2D eigenvalue weighted by Crippen LogP contribution is 2.33. The first-order chi connectivity index (χ1) is 21.7. The molecular weight excluding hydrogens is 642 g/mol. The normalized spacial score (nSPS) is 26.2. The van der Waals surface area contributed by atoms with E-state index in [1.165, 1.54) is 25.6 Å². The van der Waals surface area contributed by atoms with Crippen LogP contribution in [0.15, 0.2) is 39.5 Å². The Bertz CT molecular complexity index is 1540. The Morgan fingerprint density at radius 3 is 2.54 bits per heavy atom. The van der Waals surface area contributed by atoms with Crippen molar-refractivity contribution in [1.82, 2.24) is 20.6 Å². The molecule has 17 nitrogen and oxygen atoms in total. The van der Waals surface area contributed by atoms with E-state index < -0.39 is 39.3 Å². The molecule has 9 N–H and O–H groups in total. The fourth-order valence-corrected chi connectivity index (χ4v) is 6.66. The average molecular weight is 682 g/mol. The highest BCUT2D eigenvalue weighted by molar-refractivity contribution is 8.02. The van der Waals surface area contributed by atoms with Crippen LogP contribution in [-0.4, -0.2) is 88.8 Å². The maximum atomic E-state index is 13.2. The second-order valence-corrected chi connectivity index (χ2v) is 13.9. The van der Waals surface area contributed by atoms with Crippen molar-refractivity contribution in [2.24, 2.45) is 27.3 Å². The molecule has 2 fully saturated rings. The number of guanidine groups is 1. The lowest BCUT2D eigenvalue weighted by Gasteiger charge is -2.50. The number of aliphatic imine (C=N–C) groups is 1. The van der Waals surface area contributed by atoms with Crippen LogP contribution < -0.4 is 32.6 Å². The van der Waals surface area contributed by atoms with Crippen molar-refractivity contribution in [2.75, 3.05) is 13.2 Å². The molecule has 2 amide bonds. The standard InChI is InChI=1S/C27H39N9O8S2/c1-27(2)22(24(38)36(27)44-46(39,40)41)33-23(37)21(20-14-45-26(30)32-20)34-43-10-9-42-19-8-3-15-12-35(13-16(15)11-19)25(29)31-18-6-4-17(28)5-7-18/h3,8,11,14,17-18,22,26,32H,4-7,9-10,12-13,28,30H2,1-2H3,(H2,29,31)(H,33,37)(H,39,40,41)/b34-21-. The number of thioether (sulfide) groups is 1. The van der Waals surface area contributed by atoms with Gasteiger partial charge >= 0.3 is 10.4 Å². The number of fused-ring (bicyclic) bond motifs is 1. The summed E-state index contributed by atoms with van der Waals surface area (Å²) in [5.41, 5.74) is 18.7. The van der Waals surface area contributed by atoms with Crippen LogP contribution in [-0.2, 0) is 42.2 Å². The molecule has 5 rings (SSSR count). The third-order valence-corrected chi connectivity index (χ3v) is 9.22. The first-order valence-electron chi connectivity index (χ1n) is 14.7. The SMILES string of the molecule is CC1(C)C(NC(=O)/C(=N\OCCOc2ccc3c(c2)CN(C(N)=NC2CCC(N)CC2)C3)C2=CSC(N)N2)C(=O)N1OS(=O)(=O)O. The van der Waals surface area contributed by atoms with Crippen LogP contribution >= 0.6 is 11.8 Å². The molecule has 1 aromatic carbocycles. The molecule has 0 spiro atoms. The predicted octanol–water partition coefficient (Wildman–Crippen LogP) is -0.402. The summed E-state index contributed by atoms with van der Waals surface area (Å²) in [6.07, 6.45) is 3.83. The lowest BCUT2D eigenvalue weighted by Crippen LogP contribution is -2.77. The van der Waals surface area contributed by atoms with Crippen LogP contribution in [0.4, 0.5) is 0 Å². The van der Waals surface area contributed by atoms with Crippen LogP contribution in [0.2, 0.25) is 0 Å². The number of nitrogens with one attached hydrogen (secondary N) is 2. The molecule has 1 saturated heterocycles. The van der Waals surface area contributed by atoms with E-state index in [9.17, 15) is 18.0 Å². The van der Waals surface area contributed by atoms with Crippen molar-refractivity contribution in [3.8, 4) is 5.75 Å². The fraction of sp³-hybridized carbons (Fsp3) is 0.556. The molecule has 3 aliphatic heterocycles. The van der Waals surface area contributed by atoms with Crippen molar-refractivity contribution in [3.05, 3.63) is 40.4 Å². The molecule has 4 aliphatic rings. The molecule has 2 atom stereocenters. The molecule has 252 valence electrons. The Kier molecular flexibility index (Phi) is 9.99. The Hall–Kier alpha value is -3.62. The number of nitrogens with zero attached hydrogens (tertiary/aromatic N) is 4. The Balaban J connectivity index is 1.14. The highest BCUT2D eigenvalue weighted by atomic mass is 32.3. The molecule has 0 bridgehead atoms. The van der Waals surface area contributed by atoms with E-state index in [1.807, 2.05) is 23.1 Å². The maximum Gasteiger partial charge on any atom is 0.418 e. The third kappa shape index (κ3) is 7.84. The van der Waals surface area contributed by atoms with Gasteiger partial charge < -0.3 is 42.3 Å². The number of β-lactam (4-membered cyclic amide) rings is 1. The number of oxime groups is 1. The Morgan fingerprint density at radius 2 is 1.89 bits per heavy atom. The number of benzene rings is 1. The number of carbonyl (C=O) groups excluding carboxylic acids is 2. The van der Waals surface area contributed by atoms with Crippen LogP contribution in [0.3, 0.4) is 0 Å². The van der Waals surface area contributed by atoms with Gasteiger partial charge in [0.05, 0.1) is 17.3 Å². The molecule has 1 aliphatic carbocycles. The van der Waals surface area contributed by atoms with Gasteiger partial charge in [-0.25, -0.2) is 4.99 Å². The second-order valence-electron chi connectivity index (χ2n) is 11.9. The number of amides is 2. The second kappa shape index (κ2) is 13.6. The molecule has 3 heterocycles. The van der Waals surface area contributed by atoms with Gasteiger partial charge in [0.25, 0.3) is 11.8 Å². The van der Waals surface area contributed by atoms with Gasteiger partial charge in [0.1, 0.15) is 23.9 Å². The van der Waals surface area contributed by atoms with Gasteiger partial charge in [-0.3, -0.25) is 14.1 Å².